The van der Waals surface area contributed by atoms with Gasteiger partial charge in [-0.2, -0.15) is 0 Å². The molecule has 0 radical (unpaired) electrons. The van der Waals surface area contributed by atoms with Gasteiger partial charge in [-0.25, -0.2) is 0 Å². The molecule has 4 atom stereocenters. The number of ether oxygens (including phenoxy) is 4. The van der Waals surface area contributed by atoms with Crippen LogP contribution in [0.2, 0.25) is 18.6 Å². The van der Waals surface area contributed by atoms with Crippen molar-refractivity contribution in [3.63, 3.8) is 0 Å². The Morgan fingerprint density at radius 2 is 1.54 bits per heavy atom. The number of carbonyl (C=O) groups is 2. The first kappa shape index (κ1) is 40.1. The lowest BCUT2D eigenvalue weighted by Gasteiger charge is -2.37. The second kappa shape index (κ2) is 16.0. The lowest BCUT2D eigenvalue weighted by molar-refractivity contribution is -0.146. The normalized spacial score (nSPS) is 20.6. The fourth-order valence-electron chi connectivity index (χ4n) is 9.78. The third kappa shape index (κ3) is 6.86. The van der Waals surface area contributed by atoms with Gasteiger partial charge < -0.3 is 29.0 Å². The zero-order valence-corrected chi connectivity index (χ0v) is 35.9. The number of methoxy groups -OCH3 is 2. The number of fused-ring (bicyclic) bond motifs is 4. The maximum absolute atomic E-state index is 15.5. The van der Waals surface area contributed by atoms with Gasteiger partial charge in [-0.05, 0) is 84.3 Å². The number of anilines is 3. The first-order valence-corrected chi connectivity index (χ1v) is 23.8. The Morgan fingerprint density at radius 3 is 2.28 bits per heavy atom. The molecule has 9 rings (SSSR count). The molecule has 3 aliphatic rings. The molecule has 5 aromatic carbocycles. The molecule has 0 saturated carbocycles. The van der Waals surface area contributed by atoms with Crippen LogP contribution in [0.5, 0.6) is 23.0 Å². The van der Waals surface area contributed by atoms with E-state index in [2.05, 4.69) is 42.5 Å². The molecular formula is C48H49N5O7Si. The number of aliphatic hydroxyl groups excluding tert-OH is 1. The third-order valence-electron chi connectivity index (χ3n) is 12.8. The minimum Gasteiger partial charge on any atom is -0.497 e. The lowest BCUT2D eigenvalue weighted by atomic mass is 9.82. The van der Waals surface area contributed by atoms with Crippen molar-refractivity contribution in [2.45, 2.75) is 63.2 Å². The maximum atomic E-state index is 15.5. The standard InChI is InChI=1S/C48H49N5O7Si/c1-31-45(61(4,5)37-21-18-35(57-2)19-22-37)44(24-26-51-30-33(25-27-54)49-50-51)60-48(31)39-28-36(58-3)20-23-40(39)52(47(48)56)29-32-14-16-34(17-15-32)53-41-11-7-9-13-43(41)59-42-12-8-6-10-38(42)46(53)55/h6-23,28,30-31,44-45,54H,24-27,29H2,1-5H3/t31-,44+,45-,48+/m0/s1. The second-order valence-corrected chi connectivity index (χ2v) is 21.2. The van der Waals surface area contributed by atoms with Gasteiger partial charge in [-0.1, -0.05) is 78.9 Å². The van der Waals surface area contributed by atoms with Crippen LogP contribution in [-0.4, -0.2) is 66.9 Å². The number of aromatic nitrogens is 3. The van der Waals surface area contributed by atoms with Crippen LogP contribution in [0.3, 0.4) is 0 Å². The summed E-state index contributed by atoms with van der Waals surface area (Å²) in [4.78, 5) is 33.1. The number of hydrogen-bond acceptors (Lipinski definition) is 9. The molecule has 61 heavy (non-hydrogen) atoms. The van der Waals surface area contributed by atoms with Crippen LogP contribution in [0.15, 0.2) is 121 Å². The summed E-state index contributed by atoms with van der Waals surface area (Å²) in [5.41, 5.74) is 3.71. The van der Waals surface area contributed by atoms with Crippen molar-refractivity contribution in [1.82, 2.24) is 15.0 Å². The smallest absolute Gasteiger partial charge is 0.266 e. The van der Waals surface area contributed by atoms with Gasteiger partial charge in [0.2, 0.25) is 0 Å². The second-order valence-electron chi connectivity index (χ2n) is 16.5. The zero-order chi connectivity index (χ0) is 42.5. The minimum absolute atomic E-state index is 0.00306. The third-order valence-corrected chi connectivity index (χ3v) is 17.2. The Labute approximate surface area is 356 Å². The van der Waals surface area contributed by atoms with E-state index in [4.69, 9.17) is 18.9 Å². The topological polar surface area (TPSA) is 128 Å². The maximum Gasteiger partial charge on any atom is 0.266 e. The summed E-state index contributed by atoms with van der Waals surface area (Å²) in [7, 11) is 0.906. The summed E-state index contributed by atoms with van der Waals surface area (Å²) in [6.07, 6.45) is 2.61. The summed E-state index contributed by atoms with van der Waals surface area (Å²) in [5.74, 6) is 2.00. The highest BCUT2D eigenvalue weighted by Crippen LogP contribution is 2.60. The van der Waals surface area contributed by atoms with E-state index in [-0.39, 0.29) is 42.5 Å². The predicted molar refractivity (Wildman–Crippen MR) is 235 cm³/mol. The Bertz CT molecular complexity index is 2600. The van der Waals surface area contributed by atoms with Crippen LogP contribution < -0.4 is 29.2 Å². The Balaban J connectivity index is 1.07. The average molecular weight is 836 g/mol. The van der Waals surface area contributed by atoms with Gasteiger partial charge >= 0.3 is 0 Å². The molecule has 1 fully saturated rings. The van der Waals surface area contributed by atoms with Gasteiger partial charge in [-0.3, -0.25) is 19.2 Å². The summed E-state index contributed by atoms with van der Waals surface area (Å²) in [6, 6.07) is 36.7. The predicted octanol–water partition coefficient (Wildman–Crippen LogP) is 7.77. The van der Waals surface area contributed by atoms with Crippen LogP contribution in [0.25, 0.3) is 0 Å². The highest BCUT2D eigenvalue weighted by atomic mass is 28.3. The number of hydrogen-bond donors (Lipinski definition) is 1. The van der Waals surface area contributed by atoms with Gasteiger partial charge in [-0.15, -0.1) is 5.10 Å². The monoisotopic (exact) mass is 835 g/mol. The van der Waals surface area contributed by atoms with Crippen molar-refractivity contribution >= 4 is 42.1 Å². The molecule has 312 valence electrons. The molecule has 13 heteroatoms. The number of para-hydroxylation sites is 3. The van der Waals surface area contributed by atoms with Crippen LogP contribution in [0.1, 0.15) is 40.5 Å². The van der Waals surface area contributed by atoms with Crippen molar-refractivity contribution < 1.29 is 33.6 Å². The van der Waals surface area contributed by atoms with Crippen LogP contribution in [0.4, 0.5) is 17.1 Å². The number of nitrogens with zero attached hydrogens (tertiary/aromatic N) is 5. The number of benzene rings is 5. The molecule has 12 nitrogen and oxygen atoms in total. The number of aryl methyl sites for hydroxylation is 1. The van der Waals surface area contributed by atoms with E-state index in [1.165, 1.54) is 5.19 Å². The summed E-state index contributed by atoms with van der Waals surface area (Å²) >= 11 is 0. The van der Waals surface area contributed by atoms with Crippen molar-refractivity contribution in [2.75, 3.05) is 30.6 Å². The van der Waals surface area contributed by atoms with E-state index in [0.29, 0.717) is 53.6 Å². The van der Waals surface area contributed by atoms with Crippen molar-refractivity contribution in [1.29, 1.82) is 0 Å². The van der Waals surface area contributed by atoms with Crippen molar-refractivity contribution in [3.8, 4) is 23.0 Å². The molecule has 0 bridgehead atoms. The quantitative estimate of drug-likeness (QED) is 0.123. The number of aliphatic hydroxyl groups is 1. The summed E-state index contributed by atoms with van der Waals surface area (Å²) < 4.78 is 26.7. The SMILES string of the molecule is COc1ccc([Si](C)(C)[C@@H]2[C@@H](CCn3cc(CCO)nn3)O[C@]3(C(=O)N(Cc4ccc(N5C(=O)c6ccccc6Oc6ccccc65)cc4)c4ccc(OC)cc43)[C@H]2C)cc1. The molecule has 1 saturated heterocycles. The molecule has 2 amide bonds. The van der Waals surface area contributed by atoms with Crippen LogP contribution in [0, 0.1) is 5.92 Å². The lowest BCUT2D eigenvalue weighted by Crippen LogP contribution is -2.51. The zero-order valence-electron chi connectivity index (χ0n) is 34.9. The molecule has 3 aliphatic heterocycles. The van der Waals surface area contributed by atoms with Crippen LogP contribution in [-0.2, 0) is 34.6 Å². The fourth-order valence-corrected chi connectivity index (χ4v) is 13.8. The average Bonchev–Trinajstić information content (AvgIpc) is 3.90. The van der Waals surface area contributed by atoms with E-state index < -0.39 is 13.7 Å². The molecule has 1 spiro atoms. The molecular weight excluding hydrogens is 787 g/mol. The van der Waals surface area contributed by atoms with Gasteiger partial charge in [0.15, 0.2) is 11.4 Å². The Kier molecular flexibility index (Phi) is 10.5. The first-order chi connectivity index (χ1) is 29.6. The van der Waals surface area contributed by atoms with Gasteiger partial charge in [0.1, 0.15) is 17.2 Å². The molecule has 0 aliphatic carbocycles. The van der Waals surface area contributed by atoms with Crippen molar-refractivity contribution in [3.05, 3.63) is 144 Å². The van der Waals surface area contributed by atoms with Gasteiger partial charge in [0.25, 0.3) is 11.8 Å². The number of amides is 2. The summed E-state index contributed by atoms with van der Waals surface area (Å²) in [5, 5.41) is 19.3. The van der Waals surface area contributed by atoms with E-state index >= 15 is 4.79 Å². The van der Waals surface area contributed by atoms with Crippen LogP contribution >= 0.6 is 0 Å². The molecule has 4 heterocycles. The molecule has 1 N–H and O–H groups in total. The van der Waals surface area contributed by atoms with Crippen molar-refractivity contribution in [2.24, 2.45) is 5.92 Å². The Morgan fingerprint density at radius 1 is 0.836 bits per heavy atom. The largest absolute Gasteiger partial charge is 0.497 e. The van der Waals surface area contributed by atoms with E-state index in [1.807, 2.05) is 102 Å². The first-order valence-electron chi connectivity index (χ1n) is 20.7. The summed E-state index contributed by atoms with van der Waals surface area (Å²) in [6.45, 7) is 7.72. The Hall–Kier alpha value is -6.28. The molecule has 0 unspecified atom stereocenters. The molecule has 1 aromatic heterocycles. The number of carbonyl (C=O) groups excluding carboxylic acids is 2. The van der Waals surface area contributed by atoms with E-state index in [1.54, 1.807) is 35.9 Å². The van der Waals surface area contributed by atoms with Gasteiger partial charge in [0.05, 0.1) is 57.6 Å². The highest BCUT2D eigenvalue weighted by molar-refractivity contribution is 6.91. The molecule has 6 aromatic rings. The minimum atomic E-state index is -2.40. The highest BCUT2D eigenvalue weighted by Gasteiger charge is 2.66. The number of rotatable bonds is 12. The van der Waals surface area contributed by atoms with Gasteiger partial charge in [0, 0.05) is 42.9 Å². The fraction of sp³-hybridized carbons (Fsp3) is 0.292. The van der Waals surface area contributed by atoms with E-state index in [9.17, 15) is 9.90 Å². The van der Waals surface area contributed by atoms with E-state index in [0.717, 1.165) is 28.3 Å².